The van der Waals surface area contributed by atoms with Gasteiger partial charge in [-0.2, -0.15) is 0 Å². The van der Waals surface area contributed by atoms with E-state index in [0.29, 0.717) is 23.1 Å². The van der Waals surface area contributed by atoms with Gasteiger partial charge in [0.05, 0.1) is 30.1 Å². The van der Waals surface area contributed by atoms with E-state index in [-0.39, 0.29) is 23.1 Å². The highest BCUT2D eigenvalue weighted by Crippen LogP contribution is 2.40. The number of carbonyl (C=O) groups is 1. The van der Waals surface area contributed by atoms with Crippen LogP contribution in [-0.2, 0) is 0 Å². The first-order valence-electron chi connectivity index (χ1n) is 13.4. The lowest BCUT2D eigenvalue weighted by Gasteiger charge is -2.38. The van der Waals surface area contributed by atoms with Gasteiger partial charge in [-0.3, -0.25) is 14.5 Å². The molecule has 1 fully saturated rings. The first-order valence-corrected chi connectivity index (χ1v) is 13.4. The van der Waals surface area contributed by atoms with Gasteiger partial charge in [-0.25, -0.2) is 0 Å². The monoisotopic (exact) mass is 508 g/mol. The summed E-state index contributed by atoms with van der Waals surface area (Å²) in [6, 6.07) is 22.9. The SMILES string of the molecule is COc1ccc(C(CN2C(=O)c3oc4ccccc4c(=O)c3C2c2ccc(C)cc2)N2CCCCC2)cc1. The van der Waals surface area contributed by atoms with Crippen molar-refractivity contribution in [3.8, 4) is 5.75 Å². The van der Waals surface area contributed by atoms with Crippen molar-refractivity contribution in [2.45, 2.75) is 38.3 Å². The van der Waals surface area contributed by atoms with E-state index in [2.05, 4.69) is 17.0 Å². The van der Waals surface area contributed by atoms with Crippen molar-refractivity contribution in [1.29, 1.82) is 0 Å². The summed E-state index contributed by atoms with van der Waals surface area (Å²) in [5.41, 5.74) is 3.91. The van der Waals surface area contributed by atoms with Gasteiger partial charge in [0.2, 0.25) is 5.76 Å². The van der Waals surface area contributed by atoms with Gasteiger partial charge in [0.15, 0.2) is 5.43 Å². The van der Waals surface area contributed by atoms with Crippen LogP contribution in [0.15, 0.2) is 82.0 Å². The van der Waals surface area contributed by atoms with Crippen molar-refractivity contribution in [3.05, 3.63) is 111 Å². The molecule has 2 aliphatic rings. The van der Waals surface area contributed by atoms with Gasteiger partial charge in [0.25, 0.3) is 5.91 Å². The second-order valence-electron chi connectivity index (χ2n) is 10.3. The Bertz CT molecular complexity index is 1520. The van der Waals surface area contributed by atoms with Gasteiger partial charge < -0.3 is 14.1 Å². The molecule has 0 bridgehead atoms. The molecule has 38 heavy (non-hydrogen) atoms. The highest BCUT2D eigenvalue weighted by Gasteiger charge is 2.44. The molecule has 2 aliphatic heterocycles. The molecule has 0 radical (unpaired) electrons. The van der Waals surface area contributed by atoms with Crippen molar-refractivity contribution in [3.63, 3.8) is 0 Å². The second kappa shape index (κ2) is 10.1. The highest BCUT2D eigenvalue weighted by molar-refractivity contribution is 5.99. The molecule has 0 aliphatic carbocycles. The number of ether oxygens (including phenoxy) is 1. The predicted octanol–water partition coefficient (Wildman–Crippen LogP) is 5.88. The average molecular weight is 509 g/mol. The minimum absolute atomic E-state index is 0.0167. The normalized spacial score (nSPS) is 18.5. The fourth-order valence-electron chi connectivity index (χ4n) is 5.92. The highest BCUT2D eigenvalue weighted by atomic mass is 16.5. The van der Waals surface area contributed by atoms with Gasteiger partial charge in [0.1, 0.15) is 11.3 Å². The number of amides is 1. The first kappa shape index (κ1) is 24.4. The van der Waals surface area contributed by atoms with Crippen LogP contribution in [0, 0.1) is 6.92 Å². The lowest BCUT2D eigenvalue weighted by Crippen LogP contribution is -2.42. The van der Waals surface area contributed by atoms with Crippen molar-refractivity contribution < 1.29 is 13.9 Å². The van der Waals surface area contributed by atoms with E-state index in [9.17, 15) is 9.59 Å². The summed E-state index contributed by atoms with van der Waals surface area (Å²) in [6.07, 6.45) is 3.48. The molecule has 6 rings (SSSR count). The fraction of sp³-hybridized carbons (Fsp3) is 0.312. The van der Waals surface area contributed by atoms with Gasteiger partial charge in [0, 0.05) is 6.54 Å². The quantitative estimate of drug-likeness (QED) is 0.325. The zero-order valence-electron chi connectivity index (χ0n) is 21.9. The zero-order chi connectivity index (χ0) is 26.2. The Morgan fingerprint density at radius 2 is 1.63 bits per heavy atom. The molecule has 2 atom stereocenters. The van der Waals surface area contributed by atoms with Crippen molar-refractivity contribution in [2.75, 3.05) is 26.7 Å². The summed E-state index contributed by atoms with van der Waals surface area (Å²) >= 11 is 0. The molecule has 6 heteroatoms. The van der Waals surface area contributed by atoms with Crippen LogP contribution < -0.4 is 10.2 Å². The molecule has 4 aromatic rings. The maximum Gasteiger partial charge on any atom is 0.290 e. The zero-order valence-corrected chi connectivity index (χ0v) is 21.9. The summed E-state index contributed by atoms with van der Waals surface area (Å²) in [4.78, 5) is 32.2. The third-order valence-corrected chi connectivity index (χ3v) is 7.97. The number of fused-ring (bicyclic) bond motifs is 2. The number of carbonyl (C=O) groups excluding carboxylic acids is 1. The van der Waals surface area contributed by atoms with E-state index in [4.69, 9.17) is 9.15 Å². The van der Waals surface area contributed by atoms with E-state index in [1.807, 2.05) is 60.4 Å². The summed E-state index contributed by atoms with van der Waals surface area (Å²) < 4.78 is 11.5. The van der Waals surface area contributed by atoms with Crippen LogP contribution in [-0.4, -0.2) is 42.5 Å². The molecule has 194 valence electrons. The number of nitrogens with zero attached hydrogens (tertiary/aromatic N) is 2. The lowest BCUT2D eigenvalue weighted by atomic mass is 9.96. The van der Waals surface area contributed by atoms with Crippen molar-refractivity contribution in [2.24, 2.45) is 0 Å². The second-order valence-corrected chi connectivity index (χ2v) is 10.3. The number of benzene rings is 3. The molecule has 2 unspecified atom stereocenters. The standard InChI is InChI=1S/C32H32N2O4/c1-21-10-12-23(13-11-21)29-28-30(35)25-8-4-5-9-27(25)38-31(28)32(36)34(29)20-26(33-18-6-3-7-19-33)22-14-16-24(37-2)17-15-22/h4-5,8-17,26,29H,3,6-7,18-20H2,1-2H3. The number of hydrogen-bond donors (Lipinski definition) is 0. The van der Waals surface area contributed by atoms with Crippen LogP contribution in [0.3, 0.4) is 0 Å². The Kier molecular flexibility index (Phi) is 6.50. The molecule has 0 spiro atoms. The smallest absolute Gasteiger partial charge is 0.290 e. The third-order valence-electron chi connectivity index (χ3n) is 7.97. The third kappa shape index (κ3) is 4.29. The molecule has 1 aromatic heterocycles. The molecule has 1 saturated heterocycles. The largest absolute Gasteiger partial charge is 0.497 e. The number of aryl methyl sites for hydroxylation is 1. The number of likely N-dealkylation sites (tertiary alicyclic amines) is 1. The minimum Gasteiger partial charge on any atom is -0.497 e. The van der Waals surface area contributed by atoms with Gasteiger partial charge >= 0.3 is 0 Å². The number of rotatable bonds is 6. The van der Waals surface area contributed by atoms with E-state index < -0.39 is 6.04 Å². The molecule has 3 aromatic carbocycles. The Balaban J connectivity index is 1.48. The Hall–Kier alpha value is -3.90. The number of hydrogen-bond acceptors (Lipinski definition) is 5. The summed E-state index contributed by atoms with van der Waals surface area (Å²) in [6.45, 7) is 4.43. The van der Waals surface area contributed by atoms with Crippen LogP contribution in [0.4, 0.5) is 0 Å². The molecule has 0 saturated carbocycles. The van der Waals surface area contributed by atoms with Gasteiger partial charge in [-0.05, 0) is 68.2 Å². The Labute approximate surface area is 222 Å². The maximum atomic E-state index is 14.0. The predicted molar refractivity (Wildman–Crippen MR) is 148 cm³/mol. The van der Waals surface area contributed by atoms with E-state index in [1.54, 1.807) is 19.2 Å². The van der Waals surface area contributed by atoms with E-state index in [1.165, 1.54) is 6.42 Å². The Morgan fingerprint density at radius 1 is 0.921 bits per heavy atom. The molecule has 3 heterocycles. The minimum atomic E-state index is -0.510. The van der Waals surface area contributed by atoms with Crippen LogP contribution in [0.25, 0.3) is 11.0 Å². The lowest BCUT2D eigenvalue weighted by molar-refractivity contribution is 0.0618. The Morgan fingerprint density at radius 3 is 2.34 bits per heavy atom. The van der Waals surface area contributed by atoms with Gasteiger partial charge in [-0.15, -0.1) is 0 Å². The van der Waals surface area contributed by atoms with E-state index >= 15 is 0 Å². The summed E-state index contributed by atoms with van der Waals surface area (Å²) in [5.74, 6) is 0.727. The summed E-state index contributed by atoms with van der Waals surface area (Å²) in [5, 5.41) is 0.501. The van der Waals surface area contributed by atoms with Crippen LogP contribution in [0.5, 0.6) is 5.75 Å². The number of piperidine rings is 1. The van der Waals surface area contributed by atoms with Crippen LogP contribution >= 0.6 is 0 Å². The number of methoxy groups -OCH3 is 1. The maximum absolute atomic E-state index is 14.0. The number of para-hydroxylation sites is 1. The molecule has 0 N–H and O–H groups in total. The topological polar surface area (TPSA) is 63.0 Å². The summed E-state index contributed by atoms with van der Waals surface area (Å²) in [7, 11) is 1.66. The van der Waals surface area contributed by atoms with Crippen molar-refractivity contribution >= 4 is 16.9 Å². The van der Waals surface area contributed by atoms with E-state index in [0.717, 1.165) is 48.4 Å². The molecule has 6 nitrogen and oxygen atoms in total. The van der Waals surface area contributed by atoms with Gasteiger partial charge in [-0.1, -0.05) is 60.5 Å². The van der Waals surface area contributed by atoms with Crippen LogP contribution in [0.1, 0.15) is 64.2 Å². The fourth-order valence-corrected chi connectivity index (χ4v) is 5.92. The molecule has 1 amide bonds. The van der Waals surface area contributed by atoms with Crippen molar-refractivity contribution in [1.82, 2.24) is 9.80 Å². The first-order chi connectivity index (χ1) is 18.5. The molecular weight excluding hydrogens is 476 g/mol. The molecular formula is C32H32N2O4. The van der Waals surface area contributed by atoms with Crippen LogP contribution in [0.2, 0.25) is 0 Å². The average Bonchev–Trinajstić information content (AvgIpc) is 3.24.